The van der Waals surface area contributed by atoms with Gasteiger partial charge < -0.3 is 35.6 Å². The Morgan fingerprint density at radius 2 is 1.66 bits per heavy atom. The van der Waals surface area contributed by atoms with Crippen LogP contribution in [0.3, 0.4) is 0 Å². The number of nitrogens with two attached hydrogens (primary N) is 1. The number of β-amino-alcohol motifs (C(OH)–C–C–N with tert-alkyl or cyclic N) is 1. The molecule has 1 saturated carbocycles. The van der Waals surface area contributed by atoms with Gasteiger partial charge in [-0.25, -0.2) is 0 Å². The van der Waals surface area contributed by atoms with Crippen molar-refractivity contribution in [2.75, 3.05) is 44.2 Å². The van der Waals surface area contributed by atoms with E-state index in [4.69, 9.17) is 15.7 Å². The molecular weight excluding hydrogens is 828 g/mol. The summed E-state index contributed by atoms with van der Waals surface area (Å²) in [6, 6.07) is 16.3. The molecule has 3 aromatic rings. The second-order valence-electron chi connectivity index (χ2n) is 19.3. The van der Waals surface area contributed by atoms with Gasteiger partial charge in [-0.2, -0.15) is 18.4 Å². The van der Waals surface area contributed by atoms with Crippen LogP contribution in [0.2, 0.25) is 0 Å². The summed E-state index contributed by atoms with van der Waals surface area (Å²) in [5, 5.41) is 22.5. The molecule has 0 bridgehead atoms. The number of aryl methyl sites for hydroxylation is 1. The number of halogens is 3. The zero-order valence-electron chi connectivity index (χ0n) is 37.2. The number of amides is 4. The summed E-state index contributed by atoms with van der Waals surface area (Å²) in [6.45, 7) is 15.9. The highest BCUT2D eigenvalue weighted by molar-refractivity contribution is 6.02. The van der Waals surface area contributed by atoms with E-state index in [1.54, 1.807) is 11.0 Å². The molecule has 64 heavy (non-hydrogen) atoms. The van der Waals surface area contributed by atoms with Crippen molar-refractivity contribution in [1.82, 2.24) is 20.0 Å². The predicted molar refractivity (Wildman–Crippen MR) is 233 cm³/mol. The lowest BCUT2D eigenvalue weighted by Crippen LogP contribution is -2.74. The van der Waals surface area contributed by atoms with Crippen LogP contribution < -0.4 is 20.7 Å². The average molecular weight is 886 g/mol. The summed E-state index contributed by atoms with van der Waals surface area (Å²) in [6.07, 6.45) is -4.21. The number of hydrogen-bond acceptors (Lipinski definition) is 9. The highest BCUT2D eigenvalue weighted by Crippen LogP contribution is 2.56. The average Bonchev–Trinajstić information content (AvgIpc) is 3.80. The van der Waals surface area contributed by atoms with Crippen LogP contribution in [0.25, 0.3) is 0 Å². The number of carbonyl (C=O) groups excluding carboxylic acids is 4. The summed E-state index contributed by atoms with van der Waals surface area (Å²) in [5.74, 6) is -1.74. The maximum Gasteiger partial charge on any atom is 0.417 e. The number of carbonyl (C=O) groups is 4. The van der Waals surface area contributed by atoms with Crippen LogP contribution in [0.1, 0.15) is 97.4 Å². The van der Waals surface area contributed by atoms with E-state index in [2.05, 4.69) is 15.1 Å². The molecule has 16 heteroatoms. The first-order valence-electron chi connectivity index (χ1n) is 22.0. The SMILES string of the molecule is CC(C)[C@H](C(=O)N1CC(O)CC1C(N)=O)N1Cc2ccc(N3CCN(CCCc4ccc(C(=O)NC5C(C)(C)C(Oc6ccc(C#N)c(C(F)(F)F)c6)C5(C)C)cc4)CC3)cc2C1=O. The number of alkyl halides is 3. The summed E-state index contributed by atoms with van der Waals surface area (Å²) >= 11 is 0. The van der Waals surface area contributed by atoms with Crippen LogP contribution in [0.4, 0.5) is 18.9 Å². The van der Waals surface area contributed by atoms with E-state index in [-0.39, 0.29) is 54.9 Å². The molecule has 3 atom stereocenters. The van der Waals surface area contributed by atoms with Crippen molar-refractivity contribution in [2.24, 2.45) is 22.5 Å². The van der Waals surface area contributed by atoms with Crippen LogP contribution in [-0.4, -0.2) is 113 Å². The molecule has 2 unspecified atom stereocenters. The van der Waals surface area contributed by atoms with E-state index in [0.717, 1.165) is 74.5 Å². The summed E-state index contributed by atoms with van der Waals surface area (Å²) < 4.78 is 46.9. The molecule has 0 radical (unpaired) electrons. The maximum absolute atomic E-state index is 13.9. The Labute approximate surface area is 372 Å². The molecule has 0 aromatic heterocycles. The Balaban J connectivity index is 0.872. The summed E-state index contributed by atoms with van der Waals surface area (Å²) in [5.41, 5.74) is 6.80. The van der Waals surface area contributed by atoms with Crippen molar-refractivity contribution < 1.29 is 42.2 Å². The Morgan fingerprint density at radius 1 is 0.984 bits per heavy atom. The number of fused-ring (bicyclic) bond motifs is 1. The Bertz CT molecular complexity index is 2300. The highest BCUT2D eigenvalue weighted by Gasteiger charge is 2.64. The number of likely N-dealkylation sites (tertiary alicyclic amines) is 1. The van der Waals surface area contributed by atoms with E-state index < -0.39 is 58.3 Å². The number of hydrogen-bond donors (Lipinski definition) is 3. The molecule has 4 aliphatic rings. The van der Waals surface area contributed by atoms with E-state index in [0.29, 0.717) is 11.1 Å². The Morgan fingerprint density at radius 3 is 2.27 bits per heavy atom. The van der Waals surface area contributed by atoms with Crippen LogP contribution in [-0.2, 0) is 28.7 Å². The first-order chi connectivity index (χ1) is 30.1. The minimum Gasteiger partial charge on any atom is -0.489 e. The van der Waals surface area contributed by atoms with Crippen molar-refractivity contribution in [1.29, 1.82) is 5.26 Å². The van der Waals surface area contributed by atoms with Crippen molar-refractivity contribution in [2.45, 2.75) is 104 Å². The maximum atomic E-state index is 13.9. The third-order valence-electron chi connectivity index (χ3n) is 13.7. The van der Waals surface area contributed by atoms with Crippen LogP contribution in [0, 0.1) is 28.1 Å². The van der Waals surface area contributed by atoms with Crippen molar-refractivity contribution in [3.63, 3.8) is 0 Å². The molecule has 1 aliphatic carbocycles. The quantitative estimate of drug-likeness (QED) is 0.204. The van der Waals surface area contributed by atoms with Gasteiger partial charge in [-0.15, -0.1) is 0 Å². The standard InChI is InChI=1S/C48H58F3N7O6/c1-28(2)39(43(63)57-27-34(59)23-38(57)40(53)60)58-26-32-13-15-33(22-36(32)42(58)62)56-20-18-55(19-21-56)17-7-8-29-9-11-30(12-10-29)41(61)54-44-46(3,4)45(47(44,5)6)64-35-16-14-31(25-52)37(24-35)48(49,50)51/h9-16,22,24,28,34,38-39,44-45,59H,7-8,17-21,23,26-27H2,1-6H3,(H2,53,60)(H,54,61)/t34?,38?,39-,44?,45?/m1/s1. The van der Waals surface area contributed by atoms with Crippen molar-refractivity contribution >= 4 is 29.3 Å². The first kappa shape index (κ1) is 46.3. The third kappa shape index (κ3) is 9.02. The van der Waals surface area contributed by atoms with Gasteiger partial charge in [0.2, 0.25) is 11.8 Å². The molecule has 4 N–H and O–H groups in total. The van der Waals surface area contributed by atoms with E-state index in [9.17, 15) is 37.5 Å². The van der Waals surface area contributed by atoms with Gasteiger partial charge in [-0.3, -0.25) is 24.1 Å². The number of anilines is 1. The van der Waals surface area contributed by atoms with E-state index in [1.165, 1.54) is 11.0 Å². The number of nitriles is 1. The topological polar surface area (TPSA) is 173 Å². The number of primary amides is 1. The molecule has 342 valence electrons. The van der Waals surface area contributed by atoms with E-state index >= 15 is 0 Å². The van der Waals surface area contributed by atoms with Gasteiger partial charge in [0, 0.05) is 79.4 Å². The van der Waals surface area contributed by atoms with Gasteiger partial charge in [-0.05, 0) is 78.9 Å². The van der Waals surface area contributed by atoms with Crippen molar-refractivity contribution in [3.8, 4) is 11.8 Å². The van der Waals surface area contributed by atoms with Gasteiger partial charge in [-0.1, -0.05) is 59.7 Å². The zero-order valence-corrected chi connectivity index (χ0v) is 37.2. The molecule has 0 spiro atoms. The first-order valence-corrected chi connectivity index (χ1v) is 22.0. The fourth-order valence-corrected chi connectivity index (χ4v) is 10.6. The molecule has 3 aromatic carbocycles. The number of piperazine rings is 1. The molecular formula is C48H58F3N7O6. The number of rotatable bonds is 13. The van der Waals surface area contributed by atoms with Gasteiger partial charge in [0.05, 0.1) is 23.3 Å². The highest BCUT2D eigenvalue weighted by atomic mass is 19.4. The molecule has 4 amide bonds. The summed E-state index contributed by atoms with van der Waals surface area (Å²) in [7, 11) is 0. The zero-order chi connectivity index (χ0) is 46.5. The van der Waals surface area contributed by atoms with Crippen LogP contribution >= 0.6 is 0 Å². The van der Waals surface area contributed by atoms with Crippen molar-refractivity contribution in [3.05, 3.63) is 94.0 Å². The van der Waals surface area contributed by atoms with Gasteiger partial charge in [0.1, 0.15) is 23.9 Å². The molecule has 13 nitrogen and oxygen atoms in total. The fourth-order valence-electron chi connectivity index (χ4n) is 10.6. The minimum atomic E-state index is -4.70. The second-order valence-corrected chi connectivity index (χ2v) is 19.3. The minimum absolute atomic E-state index is 0.00302. The summed E-state index contributed by atoms with van der Waals surface area (Å²) in [4.78, 5) is 60.8. The van der Waals surface area contributed by atoms with Crippen LogP contribution in [0.15, 0.2) is 60.7 Å². The van der Waals surface area contributed by atoms with E-state index in [1.807, 2.05) is 84.0 Å². The number of ether oxygens (including phenoxy) is 1. The van der Waals surface area contributed by atoms with Crippen LogP contribution in [0.5, 0.6) is 5.75 Å². The van der Waals surface area contributed by atoms with Gasteiger partial charge in [0.15, 0.2) is 0 Å². The molecule has 7 rings (SSSR count). The number of nitrogens with one attached hydrogen (secondary N) is 1. The molecule has 3 aliphatic heterocycles. The number of nitrogens with zero attached hydrogens (tertiary/aromatic N) is 5. The lowest BCUT2D eigenvalue weighted by molar-refractivity contribution is -0.164. The fraction of sp³-hybridized carbons (Fsp3) is 0.521. The lowest BCUT2D eigenvalue weighted by atomic mass is 9.49. The second kappa shape index (κ2) is 17.7. The third-order valence-corrected chi connectivity index (χ3v) is 13.7. The molecule has 2 saturated heterocycles. The number of aliphatic hydroxyl groups excluding tert-OH is 1. The molecule has 3 fully saturated rings. The monoisotopic (exact) mass is 885 g/mol. The Kier molecular flexibility index (Phi) is 12.8. The largest absolute Gasteiger partial charge is 0.489 e. The van der Waals surface area contributed by atoms with Gasteiger partial charge >= 0.3 is 6.18 Å². The Hall–Kier alpha value is -5.66. The number of aliphatic hydroxyl groups is 1. The van der Waals surface area contributed by atoms with Gasteiger partial charge in [0.25, 0.3) is 11.8 Å². The smallest absolute Gasteiger partial charge is 0.417 e. The normalized spacial score (nSPS) is 23.3. The molecule has 3 heterocycles. The number of benzene rings is 3. The lowest BCUT2D eigenvalue weighted by Gasteiger charge is -2.63. The predicted octanol–water partition coefficient (Wildman–Crippen LogP) is 5.37.